The Bertz CT molecular complexity index is 1100. The van der Waals surface area contributed by atoms with Gasteiger partial charge in [0.05, 0.1) is 12.1 Å². The zero-order valence-electron chi connectivity index (χ0n) is 15.8. The van der Waals surface area contributed by atoms with E-state index < -0.39 is 0 Å². The van der Waals surface area contributed by atoms with Gasteiger partial charge in [-0.3, -0.25) is 4.79 Å². The highest BCUT2D eigenvalue weighted by atomic mass is 16.2. The van der Waals surface area contributed by atoms with Crippen molar-refractivity contribution in [2.75, 3.05) is 0 Å². The van der Waals surface area contributed by atoms with E-state index >= 15 is 0 Å². The zero-order chi connectivity index (χ0) is 19.6. The van der Waals surface area contributed by atoms with Crippen LogP contribution >= 0.6 is 0 Å². The summed E-state index contributed by atoms with van der Waals surface area (Å²) in [5.74, 6) is 0.117. The van der Waals surface area contributed by atoms with E-state index in [-0.39, 0.29) is 5.91 Å². The molecular weight excluding hydrogens is 362 g/mol. The number of carbonyl (C=O) groups is 1. The second kappa shape index (κ2) is 7.31. The smallest absolute Gasteiger partial charge is 0.227 e. The third-order valence-electron chi connectivity index (χ3n) is 5.31. The Hall–Kier alpha value is -3.80. The van der Waals surface area contributed by atoms with Gasteiger partial charge in [-0.2, -0.15) is 0 Å². The monoisotopic (exact) mass is 381 g/mol. The molecule has 2 heterocycles. The van der Waals surface area contributed by atoms with Crippen LogP contribution in [-0.4, -0.2) is 31.0 Å². The third kappa shape index (κ3) is 3.40. The Kier molecular flexibility index (Phi) is 4.37. The molecule has 3 aromatic carbocycles. The van der Waals surface area contributed by atoms with E-state index in [2.05, 4.69) is 51.9 Å². The number of hydrogen-bond acceptors (Lipinski definition) is 4. The highest BCUT2D eigenvalue weighted by molar-refractivity contribution is 5.81. The van der Waals surface area contributed by atoms with Crippen molar-refractivity contribution in [1.82, 2.24) is 25.1 Å². The first-order chi connectivity index (χ1) is 14.3. The molecule has 1 aliphatic rings. The number of amides is 1. The number of tetrazole rings is 1. The van der Waals surface area contributed by atoms with Crippen molar-refractivity contribution < 1.29 is 4.79 Å². The Labute approximate surface area is 168 Å². The van der Waals surface area contributed by atoms with E-state index in [1.165, 1.54) is 22.3 Å². The molecule has 0 saturated carbocycles. The van der Waals surface area contributed by atoms with Crippen molar-refractivity contribution in [3.63, 3.8) is 0 Å². The van der Waals surface area contributed by atoms with Crippen LogP contribution in [0.3, 0.4) is 0 Å². The van der Waals surface area contributed by atoms with E-state index in [1.54, 1.807) is 11.0 Å². The van der Waals surface area contributed by atoms with Crippen molar-refractivity contribution in [3.8, 4) is 16.8 Å². The highest BCUT2D eigenvalue weighted by Crippen LogP contribution is 2.32. The fourth-order valence-corrected chi connectivity index (χ4v) is 3.82. The van der Waals surface area contributed by atoms with Gasteiger partial charge in [0.25, 0.3) is 0 Å². The molecule has 0 N–H and O–H groups in total. The minimum Gasteiger partial charge on any atom is -0.334 e. The lowest BCUT2D eigenvalue weighted by Crippen LogP contribution is -2.30. The normalized spacial score (nSPS) is 12.8. The summed E-state index contributed by atoms with van der Waals surface area (Å²) in [4.78, 5) is 15.1. The average molecular weight is 381 g/mol. The summed E-state index contributed by atoms with van der Waals surface area (Å²) in [6.45, 7) is 1.23. The molecule has 0 fully saturated rings. The van der Waals surface area contributed by atoms with Gasteiger partial charge < -0.3 is 4.90 Å². The fraction of sp³-hybridized carbons (Fsp3) is 0.130. The van der Waals surface area contributed by atoms with Crippen LogP contribution in [0.5, 0.6) is 0 Å². The molecule has 6 nitrogen and oxygen atoms in total. The maximum absolute atomic E-state index is 13.1. The molecule has 0 saturated heterocycles. The second-order valence-corrected chi connectivity index (χ2v) is 7.16. The lowest BCUT2D eigenvalue weighted by molar-refractivity contribution is -0.131. The highest BCUT2D eigenvalue weighted by Gasteiger charge is 2.22. The van der Waals surface area contributed by atoms with Gasteiger partial charge in [-0.25, -0.2) is 4.68 Å². The standard InChI is InChI=1S/C23H19N5O/c29-23(13-17-9-11-20(12-10-17)28-16-24-25-26-28)27-14-18-5-1-3-7-21(18)22-8-4-2-6-19(22)15-27/h1-12,16H,13-15H2. The first kappa shape index (κ1) is 17.3. The second-order valence-electron chi connectivity index (χ2n) is 7.16. The number of hydrogen-bond donors (Lipinski definition) is 0. The van der Waals surface area contributed by atoms with Crippen molar-refractivity contribution in [2.24, 2.45) is 0 Å². The van der Waals surface area contributed by atoms with E-state index in [1.807, 2.05) is 41.3 Å². The van der Waals surface area contributed by atoms with Gasteiger partial charge in [-0.1, -0.05) is 60.7 Å². The molecule has 1 amide bonds. The summed E-state index contributed by atoms with van der Waals surface area (Å²) >= 11 is 0. The lowest BCUT2D eigenvalue weighted by Gasteiger charge is -2.21. The Morgan fingerprint density at radius 1 is 0.828 bits per heavy atom. The van der Waals surface area contributed by atoms with Crippen molar-refractivity contribution >= 4 is 5.91 Å². The number of fused-ring (bicyclic) bond motifs is 3. The summed E-state index contributed by atoms with van der Waals surface area (Å²) in [5.41, 5.74) is 6.62. The molecule has 5 rings (SSSR count). The van der Waals surface area contributed by atoms with E-state index in [4.69, 9.17) is 0 Å². The third-order valence-corrected chi connectivity index (χ3v) is 5.31. The minimum atomic E-state index is 0.117. The summed E-state index contributed by atoms with van der Waals surface area (Å²) in [7, 11) is 0. The SMILES string of the molecule is O=C(Cc1ccc(-n2cnnn2)cc1)N1Cc2ccccc2-c2ccccc2C1. The first-order valence-corrected chi connectivity index (χ1v) is 9.54. The summed E-state index contributed by atoms with van der Waals surface area (Å²) in [6.07, 6.45) is 1.91. The van der Waals surface area contributed by atoms with Crippen LogP contribution in [0.1, 0.15) is 16.7 Å². The number of aromatic nitrogens is 4. The van der Waals surface area contributed by atoms with Crippen molar-refractivity contribution in [1.29, 1.82) is 0 Å². The molecule has 1 aliphatic heterocycles. The van der Waals surface area contributed by atoms with Gasteiger partial charge in [-0.15, -0.1) is 5.10 Å². The summed E-state index contributed by atoms with van der Waals surface area (Å²) in [6, 6.07) is 24.4. The van der Waals surface area contributed by atoms with Crippen molar-refractivity contribution in [2.45, 2.75) is 19.5 Å². The van der Waals surface area contributed by atoms with Gasteiger partial charge in [0, 0.05) is 13.1 Å². The molecular formula is C23H19N5O. The van der Waals surface area contributed by atoms with Gasteiger partial charge in [0.15, 0.2) is 0 Å². The molecule has 4 aromatic rings. The summed E-state index contributed by atoms with van der Waals surface area (Å²) in [5, 5.41) is 11.2. The molecule has 0 unspecified atom stereocenters. The van der Waals surface area contributed by atoms with Crippen molar-refractivity contribution in [3.05, 3.63) is 95.8 Å². The number of rotatable bonds is 3. The largest absolute Gasteiger partial charge is 0.334 e. The molecule has 0 bridgehead atoms. The Morgan fingerprint density at radius 3 is 2.03 bits per heavy atom. The van der Waals surface area contributed by atoms with Crippen LogP contribution in [0.2, 0.25) is 0 Å². The number of benzene rings is 3. The zero-order valence-corrected chi connectivity index (χ0v) is 15.8. The van der Waals surface area contributed by atoms with Gasteiger partial charge in [-0.05, 0) is 50.4 Å². The van der Waals surface area contributed by atoms with Crippen LogP contribution in [-0.2, 0) is 24.3 Å². The van der Waals surface area contributed by atoms with Crippen LogP contribution < -0.4 is 0 Å². The Balaban J connectivity index is 1.39. The maximum Gasteiger partial charge on any atom is 0.227 e. The van der Waals surface area contributed by atoms with E-state index in [9.17, 15) is 4.79 Å². The Morgan fingerprint density at radius 2 is 1.45 bits per heavy atom. The van der Waals surface area contributed by atoms with Crippen LogP contribution in [0, 0.1) is 0 Å². The first-order valence-electron chi connectivity index (χ1n) is 9.54. The van der Waals surface area contributed by atoms with E-state index in [0.717, 1.165) is 11.3 Å². The molecule has 0 atom stereocenters. The maximum atomic E-state index is 13.1. The molecule has 142 valence electrons. The molecule has 29 heavy (non-hydrogen) atoms. The quantitative estimate of drug-likeness (QED) is 0.546. The lowest BCUT2D eigenvalue weighted by atomic mass is 9.97. The average Bonchev–Trinajstić information content (AvgIpc) is 3.24. The molecule has 1 aromatic heterocycles. The number of carbonyl (C=O) groups excluding carboxylic acids is 1. The van der Waals surface area contributed by atoms with Crippen LogP contribution in [0.25, 0.3) is 16.8 Å². The van der Waals surface area contributed by atoms with Gasteiger partial charge in [0.2, 0.25) is 5.91 Å². The predicted octanol–water partition coefficient (Wildman–Crippen LogP) is 3.41. The fourth-order valence-electron chi connectivity index (χ4n) is 3.82. The van der Waals surface area contributed by atoms with Gasteiger partial charge >= 0.3 is 0 Å². The topological polar surface area (TPSA) is 63.9 Å². The molecule has 0 spiro atoms. The van der Waals surface area contributed by atoms with E-state index in [0.29, 0.717) is 19.5 Å². The number of nitrogens with zero attached hydrogens (tertiary/aromatic N) is 5. The predicted molar refractivity (Wildman–Crippen MR) is 109 cm³/mol. The minimum absolute atomic E-state index is 0.117. The van der Waals surface area contributed by atoms with Gasteiger partial charge in [0.1, 0.15) is 6.33 Å². The molecule has 6 heteroatoms. The van der Waals surface area contributed by atoms with Crippen LogP contribution in [0.4, 0.5) is 0 Å². The molecule has 0 radical (unpaired) electrons. The van der Waals surface area contributed by atoms with Crippen LogP contribution in [0.15, 0.2) is 79.1 Å². The summed E-state index contributed by atoms with van der Waals surface area (Å²) < 4.78 is 1.59. The molecule has 0 aliphatic carbocycles.